The minimum Gasteiger partial charge on any atom is -0.385 e. The van der Waals surface area contributed by atoms with E-state index in [1.54, 1.807) is 12.0 Å². The molecule has 32 heavy (non-hydrogen) atoms. The Morgan fingerprint density at radius 3 is 2.50 bits per heavy atom. The first kappa shape index (κ1) is 24.1. The first-order valence-corrected chi connectivity index (χ1v) is 11.7. The maximum absolute atomic E-state index is 13.3. The highest BCUT2D eigenvalue weighted by Gasteiger charge is 2.31. The molecule has 1 aliphatic carbocycles. The largest absolute Gasteiger partial charge is 0.385 e. The molecule has 0 radical (unpaired) electrons. The van der Waals surface area contributed by atoms with Crippen molar-refractivity contribution < 1.29 is 14.3 Å². The van der Waals surface area contributed by atoms with E-state index in [4.69, 9.17) is 4.74 Å². The smallest absolute Gasteiger partial charge is 0.242 e. The third-order valence-corrected chi connectivity index (χ3v) is 6.26. The molecule has 2 aromatic rings. The van der Waals surface area contributed by atoms with Gasteiger partial charge in [0.25, 0.3) is 0 Å². The minimum absolute atomic E-state index is 0.00227. The summed E-state index contributed by atoms with van der Waals surface area (Å²) in [6.07, 6.45) is 5.78. The normalized spacial score (nSPS) is 13.8. The number of benzene rings is 1. The van der Waals surface area contributed by atoms with Crippen molar-refractivity contribution in [1.82, 2.24) is 14.4 Å². The summed E-state index contributed by atoms with van der Waals surface area (Å²) < 4.78 is 7.35. The van der Waals surface area contributed by atoms with Crippen molar-refractivity contribution in [3.8, 4) is 0 Å². The molecule has 1 aromatic heterocycles. The van der Waals surface area contributed by atoms with Gasteiger partial charge in [-0.05, 0) is 50.8 Å². The number of nitrogens with zero attached hydrogens (tertiary/aromatic N) is 3. The third-order valence-electron chi connectivity index (χ3n) is 6.26. The molecular weight excluding hydrogens is 402 g/mol. The van der Waals surface area contributed by atoms with E-state index in [-0.39, 0.29) is 30.3 Å². The van der Waals surface area contributed by atoms with Crippen LogP contribution in [0.25, 0.3) is 0 Å². The van der Waals surface area contributed by atoms with Gasteiger partial charge in [-0.25, -0.2) is 0 Å². The van der Waals surface area contributed by atoms with Crippen LogP contribution in [0.1, 0.15) is 50.8 Å². The van der Waals surface area contributed by atoms with E-state index in [0.717, 1.165) is 37.9 Å². The molecule has 1 aliphatic rings. The van der Waals surface area contributed by atoms with E-state index in [0.29, 0.717) is 19.7 Å². The Balaban J connectivity index is 1.68. The predicted molar refractivity (Wildman–Crippen MR) is 126 cm³/mol. The number of hydrogen-bond acceptors (Lipinski definition) is 3. The molecule has 0 unspecified atom stereocenters. The average Bonchev–Trinajstić information content (AvgIpc) is 3.17. The Labute approximate surface area is 192 Å². The number of carbonyl (C=O) groups is 2. The number of methoxy groups -OCH3 is 1. The quantitative estimate of drug-likeness (QED) is 0.471. The van der Waals surface area contributed by atoms with Gasteiger partial charge in [-0.3, -0.25) is 9.59 Å². The van der Waals surface area contributed by atoms with Crippen LogP contribution in [-0.2, 0) is 27.4 Å². The monoisotopic (exact) mass is 439 g/mol. The summed E-state index contributed by atoms with van der Waals surface area (Å²) in [7, 11) is 1.66. The third kappa shape index (κ3) is 6.45. The van der Waals surface area contributed by atoms with Crippen LogP contribution in [0.15, 0.2) is 48.7 Å². The molecule has 0 aliphatic heterocycles. The van der Waals surface area contributed by atoms with Crippen LogP contribution < -0.4 is 0 Å². The molecule has 2 amide bonds. The van der Waals surface area contributed by atoms with Crippen molar-refractivity contribution >= 4 is 11.8 Å². The predicted octanol–water partition coefficient (Wildman–Crippen LogP) is 3.94. The van der Waals surface area contributed by atoms with Gasteiger partial charge in [0.2, 0.25) is 11.8 Å². The van der Waals surface area contributed by atoms with Crippen LogP contribution in [0.3, 0.4) is 0 Å². The second kappa shape index (κ2) is 11.9. The highest BCUT2D eigenvalue weighted by molar-refractivity contribution is 5.86. The fraction of sp³-hybridized carbons (Fsp3) is 0.538. The van der Waals surface area contributed by atoms with E-state index < -0.39 is 0 Å². The van der Waals surface area contributed by atoms with Gasteiger partial charge in [0, 0.05) is 50.7 Å². The lowest BCUT2D eigenvalue weighted by molar-refractivity contribution is -0.146. The highest BCUT2D eigenvalue weighted by Crippen LogP contribution is 2.28. The molecule has 6 heteroatoms. The Morgan fingerprint density at radius 2 is 1.88 bits per heavy atom. The summed E-state index contributed by atoms with van der Waals surface area (Å²) in [5.74, 6) is 0.204. The summed E-state index contributed by atoms with van der Waals surface area (Å²) in [6.45, 7) is 6.65. The number of hydrogen-bond donors (Lipinski definition) is 0. The maximum Gasteiger partial charge on any atom is 0.242 e. The van der Waals surface area contributed by atoms with Crippen LogP contribution in [0, 0.1) is 5.92 Å². The first-order valence-electron chi connectivity index (χ1n) is 11.7. The topological polar surface area (TPSA) is 54.8 Å². The second-order valence-electron chi connectivity index (χ2n) is 8.96. The Kier molecular flexibility index (Phi) is 8.91. The number of aromatic nitrogens is 1. The fourth-order valence-electron chi connectivity index (χ4n) is 4.10. The average molecular weight is 440 g/mol. The zero-order valence-electron chi connectivity index (χ0n) is 19.7. The van der Waals surface area contributed by atoms with Gasteiger partial charge in [-0.2, -0.15) is 0 Å². The van der Waals surface area contributed by atoms with Crippen molar-refractivity contribution in [3.63, 3.8) is 0 Å². The Hall–Kier alpha value is -2.60. The number of rotatable bonds is 12. The second-order valence-corrected chi connectivity index (χ2v) is 8.96. The molecule has 0 spiro atoms. The first-order chi connectivity index (χ1) is 15.5. The summed E-state index contributed by atoms with van der Waals surface area (Å²) in [5, 5.41) is 0. The molecule has 1 heterocycles. The number of amides is 2. The van der Waals surface area contributed by atoms with Gasteiger partial charge in [0.15, 0.2) is 0 Å². The maximum atomic E-state index is 13.3. The standard InChI is InChI=1S/C26H37N3O3/c1-21(2)29(19-24-14-8-15-27(24)18-22-10-5-4-6-11-22)25(30)20-28(16-9-17-32-3)26(31)23-12-7-13-23/h4-6,8,10-11,14-15,21,23H,7,9,12-13,16-20H2,1-3H3. The van der Waals surface area contributed by atoms with Gasteiger partial charge < -0.3 is 19.1 Å². The summed E-state index contributed by atoms with van der Waals surface area (Å²) in [6, 6.07) is 14.5. The van der Waals surface area contributed by atoms with Gasteiger partial charge in [0.1, 0.15) is 0 Å². The highest BCUT2D eigenvalue weighted by atomic mass is 16.5. The minimum atomic E-state index is -0.00227. The molecule has 1 aromatic carbocycles. The van der Waals surface area contributed by atoms with Gasteiger partial charge in [0.05, 0.1) is 13.1 Å². The fourth-order valence-corrected chi connectivity index (χ4v) is 4.10. The van der Waals surface area contributed by atoms with Crippen LogP contribution >= 0.6 is 0 Å². The molecular formula is C26H37N3O3. The zero-order valence-corrected chi connectivity index (χ0v) is 19.7. The van der Waals surface area contributed by atoms with Gasteiger partial charge in [-0.15, -0.1) is 0 Å². The summed E-state index contributed by atoms with van der Waals surface area (Å²) >= 11 is 0. The molecule has 1 saturated carbocycles. The lowest BCUT2D eigenvalue weighted by Crippen LogP contribution is -2.48. The van der Waals surface area contributed by atoms with E-state index in [1.165, 1.54) is 5.56 Å². The van der Waals surface area contributed by atoms with Gasteiger partial charge in [-0.1, -0.05) is 36.8 Å². The van der Waals surface area contributed by atoms with E-state index in [2.05, 4.69) is 29.0 Å². The lowest BCUT2D eigenvalue weighted by atomic mass is 9.84. The molecule has 0 atom stereocenters. The number of carbonyl (C=O) groups excluding carboxylic acids is 2. The van der Waals surface area contributed by atoms with Crippen LogP contribution in [0.4, 0.5) is 0 Å². The molecule has 174 valence electrons. The van der Waals surface area contributed by atoms with Crippen molar-refractivity contribution in [3.05, 3.63) is 59.9 Å². The van der Waals surface area contributed by atoms with Crippen molar-refractivity contribution in [2.75, 3.05) is 26.8 Å². The molecule has 1 fully saturated rings. The molecule has 0 bridgehead atoms. The van der Waals surface area contributed by atoms with Crippen LogP contribution in [0.5, 0.6) is 0 Å². The SMILES string of the molecule is COCCCN(CC(=O)N(Cc1cccn1Cc1ccccc1)C(C)C)C(=O)C1CCC1. The summed E-state index contributed by atoms with van der Waals surface area (Å²) in [5.41, 5.74) is 2.31. The van der Waals surface area contributed by atoms with E-state index in [1.807, 2.05) is 43.0 Å². The molecule has 6 nitrogen and oxygen atoms in total. The van der Waals surface area contributed by atoms with Crippen molar-refractivity contribution in [1.29, 1.82) is 0 Å². The number of ether oxygens (including phenoxy) is 1. The van der Waals surface area contributed by atoms with Crippen molar-refractivity contribution in [2.24, 2.45) is 5.92 Å². The van der Waals surface area contributed by atoms with Crippen molar-refractivity contribution in [2.45, 2.75) is 58.7 Å². The van der Waals surface area contributed by atoms with Gasteiger partial charge >= 0.3 is 0 Å². The molecule has 3 rings (SSSR count). The van der Waals surface area contributed by atoms with Crippen LogP contribution in [-0.4, -0.2) is 59.0 Å². The lowest BCUT2D eigenvalue weighted by Gasteiger charge is -2.34. The molecule has 0 N–H and O–H groups in total. The molecule has 0 saturated heterocycles. The van der Waals surface area contributed by atoms with Crippen LogP contribution in [0.2, 0.25) is 0 Å². The summed E-state index contributed by atoms with van der Waals surface area (Å²) in [4.78, 5) is 29.9. The Morgan fingerprint density at radius 1 is 1.12 bits per heavy atom. The Bertz CT molecular complexity index is 858. The van der Waals surface area contributed by atoms with E-state index >= 15 is 0 Å². The van der Waals surface area contributed by atoms with E-state index in [9.17, 15) is 9.59 Å². The zero-order chi connectivity index (χ0) is 22.9.